The molecular formula is C24H25ClF3N5O2S. The van der Waals surface area contributed by atoms with E-state index in [9.17, 15) is 13.6 Å². The van der Waals surface area contributed by atoms with Crippen molar-refractivity contribution in [1.82, 2.24) is 10.2 Å². The summed E-state index contributed by atoms with van der Waals surface area (Å²) in [4.78, 5) is 16.3. The van der Waals surface area contributed by atoms with Crippen molar-refractivity contribution in [3.8, 4) is 11.5 Å². The van der Waals surface area contributed by atoms with Gasteiger partial charge in [-0.2, -0.15) is 0 Å². The first-order chi connectivity index (χ1) is 16.7. The number of alkyl halides is 2. The predicted octanol–water partition coefficient (Wildman–Crippen LogP) is 5.37. The Morgan fingerprint density at radius 2 is 1.97 bits per heavy atom. The van der Waals surface area contributed by atoms with E-state index in [-0.39, 0.29) is 50.3 Å². The predicted molar refractivity (Wildman–Crippen MR) is 134 cm³/mol. The molecule has 7 nitrogen and oxygen atoms in total. The number of thioether (sulfide) groups is 1. The molecule has 0 radical (unpaired) electrons. The summed E-state index contributed by atoms with van der Waals surface area (Å²) in [5.74, 6) is -3.39. The number of fused-ring (bicyclic) bond motifs is 1. The summed E-state index contributed by atoms with van der Waals surface area (Å²) in [6.45, 7) is -0.233. The van der Waals surface area contributed by atoms with Crippen LogP contribution in [0.25, 0.3) is 11.5 Å². The molecule has 3 heterocycles. The summed E-state index contributed by atoms with van der Waals surface area (Å²) in [5.41, 5.74) is 7.10. The number of nitrogens with two attached hydrogens (primary N) is 1. The first-order valence-electron chi connectivity index (χ1n) is 10.9. The van der Waals surface area contributed by atoms with E-state index >= 15 is 4.39 Å². The van der Waals surface area contributed by atoms with Crippen LogP contribution in [0.2, 0.25) is 5.02 Å². The minimum absolute atomic E-state index is 0. The zero-order chi connectivity index (χ0) is 24.7. The van der Waals surface area contributed by atoms with Crippen molar-refractivity contribution in [3.63, 3.8) is 0 Å². The zero-order valence-corrected chi connectivity index (χ0v) is 20.0. The number of aromatic nitrogens is 2. The maximum Gasteiger partial charge on any atom is 0.318 e. The van der Waals surface area contributed by atoms with E-state index in [0.717, 1.165) is 5.56 Å². The zero-order valence-electron chi connectivity index (χ0n) is 18.4. The van der Waals surface area contributed by atoms with Crippen LogP contribution < -0.4 is 15.5 Å². The molecule has 12 heteroatoms. The number of rotatable bonds is 4. The van der Waals surface area contributed by atoms with Gasteiger partial charge in [-0.1, -0.05) is 36.3 Å². The van der Waals surface area contributed by atoms with Crippen LogP contribution >= 0.6 is 23.4 Å². The smallest absolute Gasteiger partial charge is 0.318 e. The maximum atomic E-state index is 15.1. The fourth-order valence-electron chi connectivity index (χ4n) is 4.23. The van der Waals surface area contributed by atoms with Gasteiger partial charge in [0.05, 0.1) is 24.3 Å². The third-order valence-corrected chi connectivity index (χ3v) is 7.12. The van der Waals surface area contributed by atoms with Gasteiger partial charge in [0.2, 0.25) is 5.91 Å². The van der Waals surface area contributed by atoms with Crippen LogP contribution in [0.5, 0.6) is 0 Å². The average Bonchev–Trinajstić information content (AvgIpc) is 3.22. The fraction of sp³-hybridized carbons (Fsp3) is 0.375. The second-order valence-corrected chi connectivity index (χ2v) is 10.2. The first kappa shape index (κ1) is 26.3. The Morgan fingerprint density at radius 3 is 2.69 bits per heavy atom. The third-order valence-electron chi connectivity index (χ3n) is 5.82. The number of carbonyl (C=O) groups is 1. The molecule has 2 aliphatic heterocycles. The molecule has 1 amide bonds. The number of benzene rings is 2. The van der Waals surface area contributed by atoms with E-state index in [2.05, 4.69) is 10.2 Å². The summed E-state index contributed by atoms with van der Waals surface area (Å²) >= 11 is 7.36. The van der Waals surface area contributed by atoms with Crippen LogP contribution in [0.3, 0.4) is 0 Å². The monoisotopic (exact) mass is 539 g/mol. The summed E-state index contributed by atoms with van der Waals surface area (Å²) in [5, 5.41) is 8.33. The van der Waals surface area contributed by atoms with Crippen LogP contribution in [0.15, 0.2) is 45.7 Å². The standard InChI is InChI=1S/C23H21ClF3N5O2S.CH4/c24-14-3-1-13(2-4-14)10-32-18-7-16(17(25)8-19(18)35-6-5-20(32)33)21-29-30-22(34-21)31-11-15(28)9-23(26,27)12-31;/h1-4,7-8,15H,5-6,9-12,28H2;1H4. The molecule has 3 aromatic rings. The number of nitrogens with zero attached hydrogens (tertiary/aromatic N) is 4. The van der Waals surface area contributed by atoms with Crippen molar-refractivity contribution in [3.05, 3.63) is 52.8 Å². The lowest BCUT2D eigenvalue weighted by molar-refractivity contribution is -0.118. The van der Waals surface area contributed by atoms with E-state index in [1.54, 1.807) is 17.0 Å². The topological polar surface area (TPSA) is 88.5 Å². The molecule has 1 atom stereocenters. The van der Waals surface area contributed by atoms with E-state index in [1.165, 1.54) is 28.8 Å². The normalized spacial score (nSPS) is 19.5. The Morgan fingerprint density at radius 1 is 1.22 bits per heavy atom. The van der Waals surface area contributed by atoms with Crippen molar-refractivity contribution in [2.24, 2.45) is 5.73 Å². The van der Waals surface area contributed by atoms with E-state index < -0.39 is 30.7 Å². The maximum absolute atomic E-state index is 15.1. The summed E-state index contributed by atoms with van der Waals surface area (Å²) < 4.78 is 48.7. The van der Waals surface area contributed by atoms with Crippen molar-refractivity contribution in [2.45, 2.75) is 43.7 Å². The molecule has 2 aliphatic rings. The average molecular weight is 540 g/mol. The number of carbonyl (C=O) groups excluding carboxylic acids is 1. The van der Waals surface area contributed by atoms with Gasteiger partial charge in [-0.15, -0.1) is 16.9 Å². The number of anilines is 2. The fourth-order valence-corrected chi connectivity index (χ4v) is 5.36. The molecule has 1 aromatic heterocycles. The molecular weight excluding hydrogens is 515 g/mol. The molecule has 1 unspecified atom stereocenters. The number of piperidine rings is 1. The highest BCUT2D eigenvalue weighted by atomic mass is 35.5. The molecule has 5 rings (SSSR count). The molecule has 36 heavy (non-hydrogen) atoms. The summed E-state index contributed by atoms with van der Waals surface area (Å²) in [6, 6.07) is 9.02. The Labute approximate surface area is 215 Å². The van der Waals surface area contributed by atoms with Crippen molar-refractivity contribution < 1.29 is 22.4 Å². The molecule has 2 N–H and O–H groups in total. The number of halogens is 4. The lowest BCUT2D eigenvalue weighted by Crippen LogP contribution is -2.52. The van der Waals surface area contributed by atoms with Gasteiger partial charge in [-0.3, -0.25) is 4.79 Å². The van der Waals surface area contributed by atoms with Crippen LogP contribution in [0.4, 0.5) is 24.9 Å². The van der Waals surface area contributed by atoms with Gasteiger partial charge in [0.15, 0.2) is 0 Å². The Kier molecular flexibility index (Phi) is 7.53. The molecule has 1 saturated heterocycles. The van der Waals surface area contributed by atoms with Crippen LogP contribution in [-0.4, -0.2) is 46.9 Å². The molecule has 0 bridgehead atoms. The Hall–Kier alpha value is -2.76. The Balaban J connectivity index is 0.00000304. The van der Waals surface area contributed by atoms with Crippen LogP contribution in [0, 0.1) is 5.82 Å². The minimum atomic E-state index is -3.00. The van der Waals surface area contributed by atoms with Gasteiger partial charge in [0.1, 0.15) is 5.82 Å². The van der Waals surface area contributed by atoms with E-state index in [4.69, 9.17) is 21.8 Å². The Bertz CT molecular complexity index is 1260. The molecule has 192 valence electrons. The van der Waals surface area contributed by atoms with Gasteiger partial charge >= 0.3 is 6.01 Å². The van der Waals surface area contributed by atoms with Crippen LogP contribution in [0.1, 0.15) is 25.8 Å². The number of hydrogen-bond donors (Lipinski definition) is 1. The SMILES string of the molecule is C.NC1CN(c2nnc(-c3cc4c(cc3F)SCCC(=O)N4Cc3ccc(Cl)cc3)o2)CC(F)(F)C1. The minimum Gasteiger partial charge on any atom is -0.403 e. The van der Waals surface area contributed by atoms with Crippen LogP contribution in [-0.2, 0) is 11.3 Å². The second-order valence-electron chi connectivity index (χ2n) is 8.60. The molecule has 1 fully saturated rings. The van der Waals surface area contributed by atoms with Gasteiger partial charge in [-0.05, 0) is 29.8 Å². The lowest BCUT2D eigenvalue weighted by Gasteiger charge is -2.34. The van der Waals surface area contributed by atoms with Gasteiger partial charge in [0.25, 0.3) is 11.8 Å². The third kappa shape index (κ3) is 5.47. The molecule has 0 aliphatic carbocycles. The number of amides is 1. The van der Waals surface area contributed by atoms with E-state index in [1.807, 2.05) is 12.1 Å². The second kappa shape index (κ2) is 10.3. The lowest BCUT2D eigenvalue weighted by atomic mass is 10.0. The van der Waals surface area contributed by atoms with E-state index in [0.29, 0.717) is 21.4 Å². The highest BCUT2D eigenvalue weighted by Gasteiger charge is 2.41. The number of hydrogen-bond acceptors (Lipinski definition) is 7. The quantitative estimate of drug-likeness (QED) is 0.477. The highest BCUT2D eigenvalue weighted by Crippen LogP contribution is 2.40. The summed E-state index contributed by atoms with van der Waals surface area (Å²) in [6.07, 6.45) is -0.142. The molecule has 0 spiro atoms. The largest absolute Gasteiger partial charge is 0.403 e. The molecule has 0 saturated carbocycles. The van der Waals surface area contributed by atoms with Crippen molar-refractivity contribution in [2.75, 3.05) is 28.6 Å². The first-order valence-corrected chi connectivity index (χ1v) is 12.3. The molecule has 2 aromatic carbocycles. The van der Waals surface area contributed by atoms with Gasteiger partial charge in [-0.25, -0.2) is 13.2 Å². The van der Waals surface area contributed by atoms with Crippen molar-refractivity contribution >= 4 is 41.0 Å². The van der Waals surface area contributed by atoms with Gasteiger partial charge in [0, 0.05) is 41.1 Å². The van der Waals surface area contributed by atoms with Crippen molar-refractivity contribution in [1.29, 1.82) is 0 Å². The highest BCUT2D eigenvalue weighted by molar-refractivity contribution is 7.99. The summed E-state index contributed by atoms with van der Waals surface area (Å²) in [7, 11) is 0. The van der Waals surface area contributed by atoms with Gasteiger partial charge < -0.3 is 20.0 Å².